The molecule has 2 aromatic carbocycles. The number of rotatable bonds is 7. The van der Waals surface area contributed by atoms with E-state index in [0.29, 0.717) is 35.4 Å². The number of hydrogen-bond acceptors (Lipinski definition) is 5. The molecule has 0 spiro atoms. The number of nitrogens with zero attached hydrogens (tertiary/aromatic N) is 2. The lowest BCUT2D eigenvalue weighted by molar-refractivity contribution is -0.121. The van der Waals surface area contributed by atoms with E-state index in [1.165, 1.54) is 25.1 Å². The number of aromatic amines is 1. The summed E-state index contributed by atoms with van der Waals surface area (Å²) in [7, 11) is 3.02. The molecule has 0 unspecified atom stereocenters. The number of amides is 1. The Morgan fingerprint density at radius 3 is 2.70 bits per heavy atom. The van der Waals surface area contributed by atoms with Crippen LogP contribution in [0.25, 0.3) is 21.8 Å². The summed E-state index contributed by atoms with van der Waals surface area (Å²) < 4.78 is 11.8. The smallest absolute Gasteiger partial charge is 0.261 e. The molecule has 30 heavy (non-hydrogen) atoms. The number of ether oxygens (including phenoxy) is 2. The van der Waals surface area contributed by atoms with Crippen LogP contribution < -0.4 is 20.3 Å². The molecule has 154 valence electrons. The molecule has 8 heteroatoms. The molecule has 4 rings (SSSR count). The molecule has 0 atom stereocenters. The van der Waals surface area contributed by atoms with Gasteiger partial charge in [0.2, 0.25) is 5.91 Å². The Hall–Kier alpha value is -3.81. The first-order valence-corrected chi connectivity index (χ1v) is 9.53. The van der Waals surface area contributed by atoms with Crippen LogP contribution in [0, 0.1) is 0 Å². The van der Waals surface area contributed by atoms with Gasteiger partial charge in [-0.1, -0.05) is 18.2 Å². The number of carbonyl (C=O) groups excluding carboxylic acids is 1. The maximum atomic E-state index is 12.8. The van der Waals surface area contributed by atoms with Gasteiger partial charge in [-0.2, -0.15) is 0 Å². The first-order chi connectivity index (χ1) is 14.6. The van der Waals surface area contributed by atoms with Gasteiger partial charge in [0, 0.05) is 29.7 Å². The highest BCUT2D eigenvalue weighted by atomic mass is 16.5. The standard InChI is InChI=1S/C22H22N4O4/c1-29-19-9-16-18(10-20(19)30-2)25-13-26(22(16)28)12-21(27)23-8-7-14-11-24-17-6-4-3-5-15(14)17/h3-6,9-11,13,24H,7-8,12H2,1-2H3,(H,23,27). The molecule has 0 saturated carbocycles. The Labute approximate surface area is 172 Å². The number of nitrogens with one attached hydrogen (secondary N) is 2. The SMILES string of the molecule is COc1cc2ncn(CC(=O)NCCc3c[nH]c4ccccc34)c(=O)c2cc1OC. The minimum atomic E-state index is -0.312. The second-order valence-electron chi connectivity index (χ2n) is 6.86. The summed E-state index contributed by atoms with van der Waals surface area (Å²) in [5.41, 5.74) is 2.37. The minimum Gasteiger partial charge on any atom is -0.493 e. The van der Waals surface area contributed by atoms with Crippen molar-refractivity contribution in [2.24, 2.45) is 0 Å². The molecule has 0 aliphatic rings. The van der Waals surface area contributed by atoms with Crippen LogP contribution >= 0.6 is 0 Å². The van der Waals surface area contributed by atoms with Crippen LogP contribution in [-0.4, -0.2) is 41.2 Å². The molecular weight excluding hydrogens is 384 g/mol. The zero-order valence-corrected chi connectivity index (χ0v) is 16.8. The van der Waals surface area contributed by atoms with Gasteiger partial charge in [0.1, 0.15) is 6.54 Å². The van der Waals surface area contributed by atoms with E-state index in [4.69, 9.17) is 9.47 Å². The summed E-state index contributed by atoms with van der Waals surface area (Å²) in [5.74, 6) is 0.674. The van der Waals surface area contributed by atoms with Crippen molar-refractivity contribution in [2.75, 3.05) is 20.8 Å². The lowest BCUT2D eigenvalue weighted by Crippen LogP contribution is -2.33. The van der Waals surface area contributed by atoms with Gasteiger partial charge in [-0.3, -0.25) is 14.2 Å². The van der Waals surface area contributed by atoms with Gasteiger partial charge >= 0.3 is 0 Å². The highest BCUT2D eigenvalue weighted by molar-refractivity contribution is 5.84. The van der Waals surface area contributed by atoms with Gasteiger partial charge in [0.25, 0.3) is 5.56 Å². The molecule has 8 nitrogen and oxygen atoms in total. The zero-order chi connectivity index (χ0) is 21.1. The molecule has 0 aliphatic carbocycles. The van der Waals surface area contributed by atoms with Crippen LogP contribution in [0.3, 0.4) is 0 Å². The summed E-state index contributed by atoms with van der Waals surface area (Å²) in [6.07, 6.45) is 4.02. The van der Waals surface area contributed by atoms with Crippen molar-refractivity contribution >= 4 is 27.7 Å². The number of fused-ring (bicyclic) bond motifs is 2. The van der Waals surface area contributed by atoms with Crippen molar-refractivity contribution in [3.8, 4) is 11.5 Å². The second-order valence-corrected chi connectivity index (χ2v) is 6.86. The van der Waals surface area contributed by atoms with Crippen LogP contribution in [-0.2, 0) is 17.8 Å². The quantitative estimate of drug-likeness (QED) is 0.491. The number of carbonyl (C=O) groups is 1. The summed E-state index contributed by atoms with van der Waals surface area (Å²) >= 11 is 0. The zero-order valence-electron chi connectivity index (χ0n) is 16.8. The number of benzene rings is 2. The third-order valence-electron chi connectivity index (χ3n) is 5.03. The molecule has 0 fully saturated rings. The molecule has 2 aromatic heterocycles. The predicted octanol–water partition coefficient (Wildman–Crippen LogP) is 2.25. The number of para-hydroxylation sites is 1. The maximum absolute atomic E-state index is 12.8. The Morgan fingerprint density at radius 2 is 1.90 bits per heavy atom. The third-order valence-corrected chi connectivity index (χ3v) is 5.03. The van der Waals surface area contributed by atoms with Gasteiger partial charge in [-0.25, -0.2) is 4.98 Å². The summed E-state index contributed by atoms with van der Waals surface area (Å²) in [5, 5.41) is 4.37. The molecule has 2 N–H and O–H groups in total. The first kappa shape index (κ1) is 19.5. The molecule has 4 aromatic rings. The number of aromatic nitrogens is 3. The second kappa shape index (κ2) is 8.28. The van der Waals surface area contributed by atoms with E-state index in [-0.39, 0.29) is 18.0 Å². The van der Waals surface area contributed by atoms with E-state index in [0.717, 1.165) is 16.5 Å². The minimum absolute atomic E-state index is 0.107. The van der Waals surface area contributed by atoms with Crippen molar-refractivity contribution in [3.63, 3.8) is 0 Å². The van der Waals surface area contributed by atoms with Crippen molar-refractivity contribution in [3.05, 3.63) is 64.8 Å². The van der Waals surface area contributed by atoms with Crippen molar-refractivity contribution in [1.29, 1.82) is 0 Å². The van der Waals surface area contributed by atoms with Crippen LogP contribution in [0.5, 0.6) is 11.5 Å². The molecule has 0 aliphatic heterocycles. The largest absolute Gasteiger partial charge is 0.493 e. The molecular formula is C22H22N4O4. The van der Waals surface area contributed by atoms with Crippen molar-refractivity contribution < 1.29 is 14.3 Å². The fraction of sp³-hybridized carbons (Fsp3) is 0.227. The van der Waals surface area contributed by atoms with Crippen LogP contribution in [0.1, 0.15) is 5.56 Å². The number of hydrogen-bond donors (Lipinski definition) is 2. The highest BCUT2D eigenvalue weighted by Gasteiger charge is 2.13. The average Bonchev–Trinajstić information content (AvgIpc) is 3.18. The highest BCUT2D eigenvalue weighted by Crippen LogP contribution is 2.29. The lowest BCUT2D eigenvalue weighted by Gasteiger charge is -2.11. The summed E-state index contributed by atoms with van der Waals surface area (Å²) in [4.78, 5) is 32.6. The average molecular weight is 406 g/mol. The van der Waals surface area contributed by atoms with E-state index in [1.54, 1.807) is 12.1 Å². The summed E-state index contributed by atoms with van der Waals surface area (Å²) in [6, 6.07) is 11.2. The monoisotopic (exact) mass is 406 g/mol. The molecule has 0 saturated heterocycles. The summed E-state index contributed by atoms with van der Waals surface area (Å²) in [6.45, 7) is 0.367. The van der Waals surface area contributed by atoms with Crippen LogP contribution in [0.2, 0.25) is 0 Å². The Kier molecular flexibility index (Phi) is 5.38. The van der Waals surface area contributed by atoms with Gasteiger partial charge < -0.3 is 19.8 Å². The fourth-order valence-corrected chi connectivity index (χ4v) is 3.48. The third kappa shape index (κ3) is 3.71. The molecule has 0 bridgehead atoms. The van der Waals surface area contributed by atoms with E-state index in [2.05, 4.69) is 15.3 Å². The fourth-order valence-electron chi connectivity index (χ4n) is 3.48. The Bertz CT molecular complexity index is 1280. The van der Waals surface area contributed by atoms with Crippen molar-refractivity contribution in [2.45, 2.75) is 13.0 Å². The first-order valence-electron chi connectivity index (χ1n) is 9.53. The molecule has 2 heterocycles. The van der Waals surface area contributed by atoms with Gasteiger partial charge in [0.05, 0.1) is 31.4 Å². The van der Waals surface area contributed by atoms with E-state index >= 15 is 0 Å². The topological polar surface area (TPSA) is 98.2 Å². The number of H-pyrrole nitrogens is 1. The van der Waals surface area contributed by atoms with Gasteiger partial charge in [0.15, 0.2) is 11.5 Å². The van der Waals surface area contributed by atoms with Gasteiger partial charge in [-0.05, 0) is 24.1 Å². The van der Waals surface area contributed by atoms with Crippen molar-refractivity contribution in [1.82, 2.24) is 19.9 Å². The Morgan fingerprint density at radius 1 is 1.13 bits per heavy atom. The lowest BCUT2D eigenvalue weighted by atomic mass is 10.1. The van der Waals surface area contributed by atoms with E-state index in [1.807, 2.05) is 30.5 Å². The molecule has 0 radical (unpaired) electrons. The normalized spacial score (nSPS) is 11.0. The molecule has 1 amide bonds. The predicted molar refractivity (Wildman–Crippen MR) is 114 cm³/mol. The van der Waals surface area contributed by atoms with E-state index in [9.17, 15) is 9.59 Å². The van der Waals surface area contributed by atoms with E-state index < -0.39 is 0 Å². The van der Waals surface area contributed by atoms with Crippen LogP contribution in [0.4, 0.5) is 0 Å². The maximum Gasteiger partial charge on any atom is 0.261 e. The number of methoxy groups -OCH3 is 2. The van der Waals surface area contributed by atoms with Gasteiger partial charge in [-0.15, -0.1) is 0 Å². The Balaban J connectivity index is 1.45. The van der Waals surface area contributed by atoms with Crippen LogP contribution in [0.15, 0.2) is 53.7 Å².